The minimum absolute atomic E-state index is 0.0945. The molecule has 0 aromatic heterocycles. The lowest BCUT2D eigenvalue weighted by molar-refractivity contribution is -0.0587. The number of likely N-dealkylation sites (tertiary alicyclic amines) is 1. The van der Waals surface area contributed by atoms with Gasteiger partial charge in [-0.05, 0) is 51.3 Å². The van der Waals surface area contributed by atoms with Gasteiger partial charge in [-0.15, -0.1) is 0 Å². The molecule has 0 saturated carbocycles. The zero-order valence-electron chi connectivity index (χ0n) is 10.5. The van der Waals surface area contributed by atoms with E-state index >= 15 is 0 Å². The molecule has 2 nitrogen and oxygen atoms in total. The highest BCUT2D eigenvalue weighted by Gasteiger charge is 2.43. The summed E-state index contributed by atoms with van der Waals surface area (Å²) in [6, 6.07) is 0. The summed E-state index contributed by atoms with van der Waals surface area (Å²) < 4.78 is 6.25. The summed E-state index contributed by atoms with van der Waals surface area (Å²) >= 11 is 0. The van der Waals surface area contributed by atoms with Gasteiger partial charge >= 0.3 is 0 Å². The van der Waals surface area contributed by atoms with Gasteiger partial charge < -0.3 is 9.64 Å². The van der Waals surface area contributed by atoms with Crippen LogP contribution >= 0.6 is 0 Å². The Hall–Kier alpha value is -0.340. The highest BCUT2D eigenvalue weighted by Crippen LogP contribution is 2.43. The van der Waals surface area contributed by atoms with Crippen LogP contribution in [0.2, 0.25) is 0 Å². The molecule has 15 heavy (non-hydrogen) atoms. The fourth-order valence-corrected chi connectivity index (χ4v) is 3.12. The van der Waals surface area contributed by atoms with Gasteiger partial charge in [0, 0.05) is 13.1 Å². The number of ether oxygens (including phenoxy) is 1. The fourth-order valence-electron chi connectivity index (χ4n) is 3.12. The van der Waals surface area contributed by atoms with Crippen LogP contribution < -0.4 is 0 Å². The Kier molecular flexibility index (Phi) is 2.91. The minimum atomic E-state index is 0.0945. The molecule has 0 amide bonds. The van der Waals surface area contributed by atoms with Gasteiger partial charge in [0.2, 0.25) is 0 Å². The smallest absolute Gasteiger partial charge is 0.0924 e. The van der Waals surface area contributed by atoms with Crippen molar-refractivity contribution in [2.24, 2.45) is 0 Å². The number of rotatable bonds is 1. The molecule has 2 aliphatic rings. The number of hydrogen-bond acceptors (Lipinski definition) is 2. The maximum atomic E-state index is 6.25. The van der Waals surface area contributed by atoms with E-state index in [0.29, 0.717) is 6.10 Å². The van der Waals surface area contributed by atoms with E-state index in [2.05, 4.69) is 32.7 Å². The number of hydrogen-bond donors (Lipinski definition) is 0. The first kappa shape index (κ1) is 11.2. The van der Waals surface area contributed by atoms with Crippen molar-refractivity contribution in [3.63, 3.8) is 0 Å². The molecule has 0 aliphatic carbocycles. The lowest BCUT2D eigenvalue weighted by Crippen LogP contribution is -2.44. The minimum Gasteiger partial charge on any atom is -0.363 e. The lowest BCUT2D eigenvalue weighted by atomic mass is 9.83. The Balaban J connectivity index is 2.21. The van der Waals surface area contributed by atoms with Crippen molar-refractivity contribution in [1.29, 1.82) is 0 Å². The highest BCUT2D eigenvalue weighted by atomic mass is 16.5. The van der Waals surface area contributed by atoms with Crippen molar-refractivity contribution in [2.45, 2.75) is 51.7 Å². The van der Waals surface area contributed by atoms with Crippen molar-refractivity contribution < 1.29 is 4.74 Å². The van der Waals surface area contributed by atoms with E-state index in [0.717, 1.165) is 6.42 Å². The monoisotopic (exact) mass is 209 g/mol. The molecule has 1 saturated heterocycles. The molecule has 2 aliphatic heterocycles. The first-order valence-corrected chi connectivity index (χ1v) is 6.15. The van der Waals surface area contributed by atoms with Crippen LogP contribution in [0.15, 0.2) is 11.1 Å². The predicted octanol–water partition coefficient (Wildman–Crippen LogP) is 2.60. The quantitative estimate of drug-likeness (QED) is 0.615. The van der Waals surface area contributed by atoms with E-state index in [4.69, 9.17) is 4.74 Å². The third-order valence-corrected chi connectivity index (χ3v) is 4.23. The summed E-state index contributed by atoms with van der Waals surface area (Å²) in [5.41, 5.74) is 3.17. The summed E-state index contributed by atoms with van der Waals surface area (Å²) in [5, 5.41) is 0. The van der Waals surface area contributed by atoms with Gasteiger partial charge in [-0.25, -0.2) is 0 Å². The number of piperidine rings is 1. The maximum Gasteiger partial charge on any atom is 0.0924 e. The highest BCUT2D eigenvalue weighted by molar-refractivity contribution is 5.31. The lowest BCUT2D eigenvalue weighted by Gasteiger charge is -2.39. The van der Waals surface area contributed by atoms with Crippen LogP contribution in [0.1, 0.15) is 40.0 Å². The van der Waals surface area contributed by atoms with Gasteiger partial charge in [-0.1, -0.05) is 6.92 Å². The van der Waals surface area contributed by atoms with Crippen LogP contribution in [-0.2, 0) is 4.74 Å². The van der Waals surface area contributed by atoms with E-state index in [9.17, 15) is 0 Å². The van der Waals surface area contributed by atoms with Gasteiger partial charge in [-0.3, -0.25) is 0 Å². The Morgan fingerprint density at radius 2 is 2.00 bits per heavy atom. The topological polar surface area (TPSA) is 12.5 Å². The largest absolute Gasteiger partial charge is 0.363 e. The summed E-state index contributed by atoms with van der Waals surface area (Å²) in [7, 11) is 2.20. The van der Waals surface area contributed by atoms with E-state index in [-0.39, 0.29) is 5.60 Å². The van der Waals surface area contributed by atoms with Gasteiger partial charge in [0.25, 0.3) is 0 Å². The van der Waals surface area contributed by atoms with Crippen LogP contribution in [0, 0.1) is 0 Å². The van der Waals surface area contributed by atoms with E-state index < -0.39 is 0 Å². The van der Waals surface area contributed by atoms with Crippen LogP contribution in [0.3, 0.4) is 0 Å². The fraction of sp³-hybridized carbons (Fsp3) is 0.846. The summed E-state index contributed by atoms with van der Waals surface area (Å²) in [6.45, 7) is 9.07. The van der Waals surface area contributed by atoms with E-state index in [1.807, 2.05) is 0 Å². The molecule has 1 spiro atoms. The Labute approximate surface area is 93.3 Å². The number of nitrogens with zero attached hydrogens (tertiary/aromatic N) is 1. The maximum absolute atomic E-state index is 6.25. The molecule has 0 bridgehead atoms. The first-order valence-electron chi connectivity index (χ1n) is 6.15. The normalized spacial score (nSPS) is 31.6. The van der Waals surface area contributed by atoms with Crippen LogP contribution in [0.5, 0.6) is 0 Å². The second-order valence-corrected chi connectivity index (χ2v) is 5.06. The van der Waals surface area contributed by atoms with Crippen molar-refractivity contribution in [1.82, 2.24) is 4.90 Å². The zero-order chi connectivity index (χ0) is 11.1. The Morgan fingerprint density at radius 3 is 2.47 bits per heavy atom. The molecule has 1 fully saturated rings. The molecule has 0 N–H and O–H groups in total. The molecule has 0 aromatic carbocycles. The van der Waals surface area contributed by atoms with E-state index in [1.54, 1.807) is 5.57 Å². The molecule has 2 heterocycles. The second kappa shape index (κ2) is 3.91. The van der Waals surface area contributed by atoms with Gasteiger partial charge in [0.15, 0.2) is 0 Å². The average molecular weight is 209 g/mol. The molecule has 0 radical (unpaired) electrons. The molecule has 2 rings (SSSR count). The SMILES string of the molecule is CCC1=C(C)C2(CCN(C)CC2)OC1C. The Bertz CT molecular complexity index is 274. The molecule has 1 atom stereocenters. The molecule has 86 valence electrons. The van der Waals surface area contributed by atoms with Crippen molar-refractivity contribution in [2.75, 3.05) is 20.1 Å². The summed E-state index contributed by atoms with van der Waals surface area (Å²) in [5.74, 6) is 0. The van der Waals surface area contributed by atoms with Crippen molar-refractivity contribution in [3.8, 4) is 0 Å². The zero-order valence-corrected chi connectivity index (χ0v) is 10.5. The molecule has 2 heteroatoms. The van der Waals surface area contributed by atoms with Crippen LogP contribution in [0.25, 0.3) is 0 Å². The summed E-state index contributed by atoms with van der Waals surface area (Å²) in [4.78, 5) is 2.40. The molecular formula is C13H23NO. The second-order valence-electron chi connectivity index (χ2n) is 5.06. The van der Waals surface area contributed by atoms with Gasteiger partial charge in [0.05, 0.1) is 11.7 Å². The third-order valence-electron chi connectivity index (χ3n) is 4.23. The Morgan fingerprint density at radius 1 is 1.40 bits per heavy atom. The third kappa shape index (κ3) is 1.74. The van der Waals surface area contributed by atoms with Crippen LogP contribution in [-0.4, -0.2) is 36.7 Å². The average Bonchev–Trinajstić information content (AvgIpc) is 2.44. The van der Waals surface area contributed by atoms with Crippen molar-refractivity contribution >= 4 is 0 Å². The van der Waals surface area contributed by atoms with E-state index in [1.165, 1.54) is 31.5 Å². The molecular weight excluding hydrogens is 186 g/mol. The van der Waals surface area contributed by atoms with Crippen LogP contribution in [0.4, 0.5) is 0 Å². The summed E-state index contributed by atoms with van der Waals surface area (Å²) in [6.07, 6.45) is 3.83. The van der Waals surface area contributed by atoms with Gasteiger partial charge in [-0.2, -0.15) is 0 Å². The predicted molar refractivity (Wildman–Crippen MR) is 63.0 cm³/mol. The molecule has 1 unspecified atom stereocenters. The standard InChI is InChI=1S/C13H23NO/c1-5-12-10(2)13(15-11(12)3)6-8-14(4)9-7-13/h11H,5-9H2,1-4H3. The first-order chi connectivity index (χ1) is 7.09. The molecule has 0 aromatic rings. The van der Waals surface area contributed by atoms with Crippen molar-refractivity contribution in [3.05, 3.63) is 11.1 Å². The van der Waals surface area contributed by atoms with Gasteiger partial charge in [0.1, 0.15) is 0 Å².